The van der Waals surface area contributed by atoms with Crippen LogP contribution in [0.15, 0.2) is 24.3 Å². The first-order chi connectivity index (χ1) is 10.1. The van der Waals surface area contributed by atoms with Gasteiger partial charge in [0, 0.05) is 24.2 Å². The number of likely N-dealkylation sites (N-methyl/N-ethyl adjacent to an activating group) is 1. The van der Waals surface area contributed by atoms with Crippen LogP contribution in [0.5, 0.6) is 5.75 Å². The minimum atomic E-state index is -2.79. The Bertz CT molecular complexity index is 436. The van der Waals surface area contributed by atoms with Crippen LogP contribution in [0.1, 0.15) is 38.3 Å². The second kappa shape index (κ2) is 7.71. The lowest BCUT2D eigenvalue weighted by Gasteiger charge is -2.31. The Morgan fingerprint density at radius 2 is 2.14 bits per heavy atom. The van der Waals surface area contributed by atoms with Gasteiger partial charge >= 0.3 is 6.61 Å². The molecule has 3 nitrogen and oxygen atoms in total. The lowest BCUT2D eigenvalue weighted by Crippen LogP contribution is -2.39. The topological polar surface area (TPSA) is 24.5 Å². The highest BCUT2D eigenvalue weighted by atomic mass is 19.3. The normalized spacial score (nSPS) is 20.2. The number of ether oxygens (including phenoxy) is 1. The van der Waals surface area contributed by atoms with Crippen molar-refractivity contribution in [2.24, 2.45) is 0 Å². The van der Waals surface area contributed by atoms with E-state index >= 15 is 0 Å². The lowest BCUT2D eigenvalue weighted by atomic mass is 10.0. The molecular weight excluding hydrogens is 274 g/mol. The standard InChI is InChI=1S/C16H24F2N2O/c1-3-20(11-13-7-6-10-19-13)12(2)14-8-4-5-9-15(14)21-16(17)18/h4-5,8-9,12-13,16,19H,3,6-7,10-11H2,1-2H3. The molecule has 2 atom stereocenters. The first-order valence-corrected chi connectivity index (χ1v) is 7.63. The maximum absolute atomic E-state index is 12.5. The molecule has 1 aliphatic heterocycles. The molecule has 1 heterocycles. The molecule has 5 heteroatoms. The third-order valence-electron chi connectivity index (χ3n) is 4.16. The number of rotatable bonds is 7. The van der Waals surface area contributed by atoms with Crippen molar-refractivity contribution in [3.8, 4) is 5.75 Å². The Balaban J connectivity index is 2.10. The van der Waals surface area contributed by atoms with Crippen molar-refractivity contribution in [2.75, 3.05) is 19.6 Å². The van der Waals surface area contributed by atoms with E-state index in [1.807, 2.05) is 19.1 Å². The maximum atomic E-state index is 12.5. The van der Waals surface area contributed by atoms with Gasteiger partial charge in [0.05, 0.1) is 0 Å². The molecule has 21 heavy (non-hydrogen) atoms. The monoisotopic (exact) mass is 298 g/mol. The van der Waals surface area contributed by atoms with Gasteiger partial charge in [-0.25, -0.2) is 0 Å². The fourth-order valence-corrected chi connectivity index (χ4v) is 2.98. The summed E-state index contributed by atoms with van der Waals surface area (Å²) in [6, 6.07) is 7.62. The number of halogens is 2. The fraction of sp³-hybridized carbons (Fsp3) is 0.625. The molecule has 1 aliphatic rings. The lowest BCUT2D eigenvalue weighted by molar-refractivity contribution is -0.0511. The van der Waals surface area contributed by atoms with Gasteiger partial charge < -0.3 is 10.1 Å². The van der Waals surface area contributed by atoms with E-state index in [4.69, 9.17) is 0 Å². The van der Waals surface area contributed by atoms with E-state index < -0.39 is 6.61 Å². The first kappa shape index (κ1) is 16.2. The zero-order valence-electron chi connectivity index (χ0n) is 12.7. The van der Waals surface area contributed by atoms with E-state index in [2.05, 4.69) is 21.9 Å². The molecule has 1 saturated heterocycles. The van der Waals surface area contributed by atoms with Crippen molar-refractivity contribution in [2.45, 2.75) is 45.4 Å². The van der Waals surface area contributed by atoms with Crippen LogP contribution in [-0.4, -0.2) is 37.2 Å². The largest absolute Gasteiger partial charge is 0.434 e. The molecule has 1 aromatic rings. The molecule has 2 rings (SSSR count). The quantitative estimate of drug-likeness (QED) is 0.835. The Morgan fingerprint density at radius 3 is 2.76 bits per heavy atom. The van der Waals surface area contributed by atoms with Gasteiger partial charge in [-0.1, -0.05) is 25.1 Å². The summed E-state index contributed by atoms with van der Waals surface area (Å²) in [6.45, 7) is 4.24. The SMILES string of the molecule is CCN(CC1CCCN1)C(C)c1ccccc1OC(F)F. The molecule has 1 fully saturated rings. The number of nitrogens with one attached hydrogen (secondary N) is 1. The predicted molar refractivity (Wildman–Crippen MR) is 79.8 cm³/mol. The molecule has 2 unspecified atom stereocenters. The highest BCUT2D eigenvalue weighted by molar-refractivity contribution is 5.35. The summed E-state index contributed by atoms with van der Waals surface area (Å²) in [6.07, 6.45) is 2.39. The smallest absolute Gasteiger partial charge is 0.387 e. The predicted octanol–water partition coefficient (Wildman–Crippen LogP) is 3.42. The van der Waals surface area contributed by atoms with E-state index in [0.717, 1.165) is 25.2 Å². The third-order valence-corrected chi connectivity index (χ3v) is 4.16. The average molecular weight is 298 g/mol. The summed E-state index contributed by atoms with van der Waals surface area (Å²) in [5.74, 6) is 0.276. The molecule has 1 aromatic carbocycles. The summed E-state index contributed by atoms with van der Waals surface area (Å²) in [5, 5.41) is 3.48. The highest BCUT2D eigenvalue weighted by Crippen LogP contribution is 2.30. The Morgan fingerprint density at radius 1 is 1.38 bits per heavy atom. The zero-order chi connectivity index (χ0) is 15.2. The van der Waals surface area contributed by atoms with Crippen LogP contribution in [0.2, 0.25) is 0 Å². The van der Waals surface area contributed by atoms with Crippen LogP contribution in [0.4, 0.5) is 8.78 Å². The number of benzene rings is 1. The van der Waals surface area contributed by atoms with Crippen molar-refractivity contribution in [3.05, 3.63) is 29.8 Å². The zero-order valence-corrected chi connectivity index (χ0v) is 12.7. The van der Waals surface area contributed by atoms with Crippen LogP contribution >= 0.6 is 0 Å². The van der Waals surface area contributed by atoms with E-state index in [9.17, 15) is 8.78 Å². The summed E-state index contributed by atoms with van der Waals surface area (Å²) >= 11 is 0. The van der Waals surface area contributed by atoms with Gasteiger partial charge in [0.2, 0.25) is 0 Å². The molecule has 0 aromatic heterocycles. The number of hydrogen-bond acceptors (Lipinski definition) is 3. The molecule has 118 valence electrons. The molecule has 1 N–H and O–H groups in total. The van der Waals surface area contributed by atoms with Gasteiger partial charge in [0.1, 0.15) is 5.75 Å². The van der Waals surface area contributed by atoms with Gasteiger partial charge in [0.15, 0.2) is 0 Å². The summed E-state index contributed by atoms with van der Waals surface area (Å²) in [5.41, 5.74) is 0.817. The van der Waals surface area contributed by atoms with Crippen molar-refractivity contribution < 1.29 is 13.5 Å². The Hall–Kier alpha value is -1.20. The summed E-state index contributed by atoms with van der Waals surface area (Å²) in [4.78, 5) is 2.30. The molecule has 0 aliphatic carbocycles. The number of para-hydroxylation sites is 1. The second-order valence-corrected chi connectivity index (χ2v) is 5.47. The van der Waals surface area contributed by atoms with Gasteiger partial charge in [-0.2, -0.15) is 8.78 Å². The molecule has 0 bridgehead atoms. The van der Waals surface area contributed by atoms with E-state index in [1.165, 1.54) is 12.8 Å². The van der Waals surface area contributed by atoms with Crippen molar-refractivity contribution in [1.29, 1.82) is 0 Å². The van der Waals surface area contributed by atoms with Crippen LogP contribution in [0.3, 0.4) is 0 Å². The Kier molecular flexibility index (Phi) is 5.94. The van der Waals surface area contributed by atoms with Crippen molar-refractivity contribution in [3.63, 3.8) is 0 Å². The van der Waals surface area contributed by atoms with Crippen LogP contribution in [0, 0.1) is 0 Å². The summed E-state index contributed by atoms with van der Waals surface area (Å²) < 4.78 is 29.7. The minimum Gasteiger partial charge on any atom is -0.434 e. The minimum absolute atomic E-state index is 0.0485. The van der Waals surface area contributed by atoms with Gasteiger partial charge in [0.25, 0.3) is 0 Å². The van der Waals surface area contributed by atoms with Gasteiger partial charge in [-0.15, -0.1) is 0 Å². The van der Waals surface area contributed by atoms with E-state index in [0.29, 0.717) is 6.04 Å². The average Bonchev–Trinajstić information content (AvgIpc) is 2.97. The number of nitrogens with zero attached hydrogens (tertiary/aromatic N) is 1. The highest BCUT2D eigenvalue weighted by Gasteiger charge is 2.23. The van der Waals surface area contributed by atoms with E-state index in [-0.39, 0.29) is 11.8 Å². The number of hydrogen-bond donors (Lipinski definition) is 1. The molecule has 0 amide bonds. The number of alkyl halides is 2. The Labute approximate surface area is 125 Å². The van der Waals surface area contributed by atoms with Crippen molar-refractivity contribution >= 4 is 0 Å². The molecule has 0 saturated carbocycles. The third kappa shape index (κ3) is 4.38. The van der Waals surface area contributed by atoms with E-state index in [1.54, 1.807) is 12.1 Å². The van der Waals surface area contributed by atoms with Gasteiger partial charge in [-0.05, 0) is 38.9 Å². The summed E-state index contributed by atoms with van der Waals surface area (Å²) in [7, 11) is 0. The molecular formula is C16H24F2N2O. The van der Waals surface area contributed by atoms with Crippen LogP contribution in [0.25, 0.3) is 0 Å². The van der Waals surface area contributed by atoms with Crippen molar-refractivity contribution in [1.82, 2.24) is 10.2 Å². The second-order valence-electron chi connectivity index (χ2n) is 5.47. The first-order valence-electron chi connectivity index (χ1n) is 7.63. The van der Waals surface area contributed by atoms with Gasteiger partial charge in [-0.3, -0.25) is 4.90 Å². The molecule has 0 spiro atoms. The maximum Gasteiger partial charge on any atom is 0.387 e. The molecule has 0 radical (unpaired) electrons. The fourth-order valence-electron chi connectivity index (χ4n) is 2.98. The van der Waals surface area contributed by atoms with Crippen LogP contribution in [-0.2, 0) is 0 Å². The van der Waals surface area contributed by atoms with Crippen LogP contribution < -0.4 is 10.1 Å².